The third-order valence-electron chi connectivity index (χ3n) is 3.78. The van der Waals surface area contributed by atoms with Crippen molar-refractivity contribution in [2.45, 2.75) is 0 Å². The standard InChI is InChI=1S/C20H12N2O2/c23-13-21-17-10-11-19-18(12-17)22-20(24-19)16-8-6-15(7-9-16)14-4-2-1-3-5-14/h1-12H. The predicted octanol–water partition coefficient (Wildman–Crippen LogP) is 5.13. The molecule has 0 saturated carbocycles. The molecule has 0 aliphatic rings. The van der Waals surface area contributed by atoms with Crippen LogP contribution in [0.15, 0.2) is 82.2 Å². The molecule has 0 N–H and O–H groups in total. The van der Waals surface area contributed by atoms with Crippen molar-refractivity contribution >= 4 is 22.9 Å². The Hall–Kier alpha value is -3.49. The van der Waals surface area contributed by atoms with Crippen LogP contribution in [0.25, 0.3) is 33.7 Å². The molecule has 4 aromatic rings. The molecule has 0 spiro atoms. The maximum absolute atomic E-state index is 10.4. The Morgan fingerprint density at radius 1 is 0.833 bits per heavy atom. The lowest BCUT2D eigenvalue weighted by Gasteiger charge is -2.02. The van der Waals surface area contributed by atoms with Crippen LogP contribution in [0.4, 0.5) is 5.69 Å². The summed E-state index contributed by atoms with van der Waals surface area (Å²) >= 11 is 0. The minimum atomic E-state index is 0.511. The van der Waals surface area contributed by atoms with Gasteiger partial charge in [0.1, 0.15) is 5.52 Å². The average Bonchev–Trinajstić information content (AvgIpc) is 3.06. The molecule has 0 saturated heterocycles. The summed E-state index contributed by atoms with van der Waals surface area (Å²) in [5, 5.41) is 0. The highest BCUT2D eigenvalue weighted by Gasteiger charge is 2.09. The van der Waals surface area contributed by atoms with Gasteiger partial charge in [0.05, 0.1) is 5.69 Å². The van der Waals surface area contributed by atoms with Gasteiger partial charge in [-0.2, -0.15) is 4.99 Å². The summed E-state index contributed by atoms with van der Waals surface area (Å²) in [5.74, 6) is 0.539. The van der Waals surface area contributed by atoms with Gasteiger partial charge >= 0.3 is 0 Å². The van der Waals surface area contributed by atoms with Gasteiger partial charge < -0.3 is 4.42 Å². The number of fused-ring (bicyclic) bond motifs is 1. The Labute approximate surface area is 138 Å². The minimum absolute atomic E-state index is 0.511. The molecule has 0 aliphatic carbocycles. The molecule has 24 heavy (non-hydrogen) atoms. The molecule has 0 unspecified atom stereocenters. The highest BCUT2D eigenvalue weighted by molar-refractivity contribution is 5.80. The molecule has 0 bridgehead atoms. The van der Waals surface area contributed by atoms with Crippen LogP contribution in [-0.2, 0) is 4.79 Å². The van der Waals surface area contributed by atoms with E-state index in [-0.39, 0.29) is 0 Å². The lowest BCUT2D eigenvalue weighted by Crippen LogP contribution is -1.80. The van der Waals surface area contributed by atoms with Crippen LogP contribution in [0.2, 0.25) is 0 Å². The maximum atomic E-state index is 10.4. The van der Waals surface area contributed by atoms with E-state index < -0.39 is 0 Å². The van der Waals surface area contributed by atoms with E-state index in [2.05, 4.69) is 22.1 Å². The third kappa shape index (κ3) is 2.62. The molecule has 0 fully saturated rings. The first-order valence-corrected chi connectivity index (χ1v) is 7.48. The lowest BCUT2D eigenvalue weighted by atomic mass is 10.0. The molecular weight excluding hydrogens is 300 g/mol. The van der Waals surface area contributed by atoms with E-state index in [9.17, 15) is 4.79 Å². The fourth-order valence-electron chi connectivity index (χ4n) is 2.60. The third-order valence-corrected chi connectivity index (χ3v) is 3.78. The second kappa shape index (κ2) is 5.95. The van der Waals surface area contributed by atoms with Crippen molar-refractivity contribution in [3.05, 3.63) is 72.8 Å². The summed E-state index contributed by atoms with van der Waals surface area (Å²) in [6, 6.07) is 23.4. The molecular formula is C20H12N2O2. The van der Waals surface area contributed by atoms with Gasteiger partial charge in [0.2, 0.25) is 12.0 Å². The first kappa shape index (κ1) is 14.1. The van der Waals surface area contributed by atoms with Gasteiger partial charge in [-0.05, 0) is 41.5 Å². The Morgan fingerprint density at radius 3 is 2.29 bits per heavy atom. The summed E-state index contributed by atoms with van der Waals surface area (Å²) in [4.78, 5) is 18.4. The number of benzene rings is 3. The number of rotatable bonds is 3. The van der Waals surface area contributed by atoms with Crippen molar-refractivity contribution in [2.24, 2.45) is 4.99 Å². The Kier molecular flexibility index (Phi) is 3.50. The zero-order valence-corrected chi connectivity index (χ0v) is 12.6. The van der Waals surface area contributed by atoms with Gasteiger partial charge in [0, 0.05) is 5.56 Å². The van der Waals surface area contributed by atoms with Gasteiger partial charge in [-0.15, -0.1) is 0 Å². The van der Waals surface area contributed by atoms with Crippen LogP contribution in [0, 0.1) is 0 Å². The van der Waals surface area contributed by atoms with Crippen molar-refractivity contribution in [3.63, 3.8) is 0 Å². The first-order chi connectivity index (χ1) is 11.8. The van der Waals surface area contributed by atoms with Crippen LogP contribution in [0.3, 0.4) is 0 Å². The van der Waals surface area contributed by atoms with Crippen molar-refractivity contribution in [1.82, 2.24) is 4.98 Å². The number of oxazole rings is 1. The fraction of sp³-hybridized carbons (Fsp3) is 0. The van der Waals surface area contributed by atoms with Crippen molar-refractivity contribution < 1.29 is 9.21 Å². The van der Waals surface area contributed by atoms with E-state index in [1.807, 2.05) is 42.5 Å². The number of hydrogen-bond donors (Lipinski definition) is 0. The average molecular weight is 312 g/mol. The van der Waals surface area contributed by atoms with Gasteiger partial charge in [-0.25, -0.2) is 9.78 Å². The summed E-state index contributed by atoms with van der Waals surface area (Å²) in [6.45, 7) is 0. The number of isocyanates is 1. The molecule has 3 aromatic carbocycles. The van der Waals surface area contributed by atoms with E-state index in [1.54, 1.807) is 18.2 Å². The highest BCUT2D eigenvalue weighted by atomic mass is 16.3. The number of nitrogens with zero attached hydrogens (tertiary/aromatic N) is 2. The smallest absolute Gasteiger partial charge is 0.240 e. The molecule has 1 heterocycles. The minimum Gasteiger partial charge on any atom is -0.436 e. The predicted molar refractivity (Wildman–Crippen MR) is 92.7 cm³/mol. The molecule has 4 rings (SSSR count). The van der Waals surface area contributed by atoms with Crippen LogP contribution in [0.5, 0.6) is 0 Å². The molecule has 4 heteroatoms. The van der Waals surface area contributed by atoms with E-state index in [4.69, 9.17) is 4.42 Å². The first-order valence-electron chi connectivity index (χ1n) is 7.48. The number of aromatic nitrogens is 1. The summed E-state index contributed by atoms with van der Waals surface area (Å²) < 4.78 is 5.78. The topological polar surface area (TPSA) is 55.5 Å². The Balaban J connectivity index is 1.70. The van der Waals surface area contributed by atoms with Crippen molar-refractivity contribution in [1.29, 1.82) is 0 Å². The molecule has 0 atom stereocenters. The van der Waals surface area contributed by atoms with Crippen LogP contribution in [0.1, 0.15) is 0 Å². The zero-order chi connectivity index (χ0) is 16.4. The lowest BCUT2D eigenvalue weighted by molar-refractivity contribution is 0.565. The van der Waals surface area contributed by atoms with E-state index >= 15 is 0 Å². The SMILES string of the molecule is O=C=Nc1ccc2oc(-c3ccc(-c4ccccc4)cc3)nc2c1. The fourth-order valence-corrected chi connectivity index (χ4v) is 2.60. The van der Waals surface area contributed by atoms with Crippen molar-refractivity contribution in [2.75, 3.05) is 0 Å². The number of carbonyl (C=O) groups excluding carboxylic acids is 1. The van der Waals surface area contributed by atoms with E-state index in [1.165, 1.54) is 6.08 Å². The summed E-state index contributed by atoms with van der Waals surface area (Å²) in [6.07, 6.45) is 1.53. The Morgan fingerprint density at radius 2 is 1.54 bits per heavy atom. The van der Waals surface area contributed by atoms with E-state index in [0.717, 1.165) is 16.7 Å². The number of aliphatic imine (C=N–C) groups is 1. The quantitative estimate of drug-likeness (QED) is 0.389. The molecule has 0 amide bonds. The summed E-state index contributed by atoms with van der Waals surface area (Å²) in [7, 11) is 0. The Bertz CT molecular complexity index is 1040. The zero-order valence-electron chi connectivity index (χ0n) is 12.6. The number of hydrogen-bond acceptors (Lipinski definition) is 4. The monoisotopic (exact) mass is 312 g/mol. The second-order valence-electron chi connectivity index (χ2n) is 5.32. The molecule has 0 aliphatic heterocycles. The van der Waals surface area contributed by atoms with Gasteiger partial charge in [-0.3, -0.25) is 0 Å². The van der Waals surface area contributed by atoms with Gasteiger partial charge in [-0.1, -0.05) is 42.5 Å². The normalized spacial score (nSPS) is 10.5. The molecule has 4 nitrogen and oxygen atoms in total. The molecule has 0 radical (unpaired) electrons. The second-order valence-corrected chi connectivity index (χ2v) is 5.32. The molecule has 114 valence electrons. The van der Waals surface area contributed by atoms with Crippen molar-refractivity contribution in [3.8, 4) is 22.6 Å². The summed E-state index contributed by atoms with van der Waals surface area (Å²) in [5.41, 5.74) is 5.02. The highest BCUT2D eigenvalue weighted by Crippen LogP contribution is 2.28. The van der Waals surface area contributed by atoms with Crippen LogP contribution < -0.4 is 0 Å². The van der Waals surface area contributed by atoms with Gasteiger partial charge in [0.25, 0.3) is 0 Å². The largest absolute Gasteiger partial charge is 0.436 e. The van der Waals surface area contributed by atoms with Crippen LogP contribution >= 0.6 is 0 Å². The van der Waals surface area contributed by atoms with E-state index in [0.29, 0.717) is 22.7 Å². The molecule has 1 aromatic heterocycles. The maximum Gasteiger partial charge on any atom is 0.240 e. The van der Waals surface area contributed by atoms with Crippen LogP contribution in [-0.4, -0.2) is 11.1 Å². The van der Waals surface area contributed by atoms with Gasteiger partial charge in [0.15, 0.2) is 5.58 Å².